The van der Waals surface area contributed by atoms with Crippen molar-refractivity contribution in [2.45, 2.75) is 12.8 Å². The van der Waals surface area contributed by atoms with E-state index < -0.39 is 10.4 Å². The van der Waals surface area contributed by atoms with Crippen molar-refractivity contribution in [1.29, 1.82) is 0 Å². The number of hydrogen-bond acceptors (Lipinski definition) is 5. The second-order valence-corrected chi connectivity index (χ2v) is 5.49. The summed E-state index contributed by atoms with van der Waals surface area (Å²) in [6.45, 7) is 11.4. The minimum absolute atomic E-state index is 0.405. The normalized spacial score (nSPS) is 18.1. The lowest BCUT2D eigenvalue weighted by atomic mass is 10.1. The van der Waals surface area contributed by atoms with Gasteiger partial charge in [-0.3, -0.25) is 8.98 Å². The SMILES string of the molecule is C=CC[N+]1(CC=C)CCC(=O)CC1.COS(=O)(=O)[O-]. The van der Waals surface area contributed by atoms with Gasteiger partial charge in [0.05, 0.1) is 46.1 Å². The van der Waals surface area contributed by atoms with Crippen LogP contribution in [0.4, 0.5) is 0 Å². The van der Waals surface area contributed by atoms with E-state index >= 15 is 0 Å². The van der Waals surface area contributed by atoms with Gasteiger partial charge in [0.15, 0.2) is 0 Å². The average molecular weight is 291 g/mol. The van der Waals surface area contributed by atoms with Crippen LogP contribution in [0.1, 0.15) is 12.8 Å². The molecule has 0 aromatic heterocycles. The average Bonchev–Trinajstić information content (AvgIpc) is 2.34. The first kappa shape index (κ1) is 18.0. The van der Waals surface area contributed by atoms with E-state index in [-0.39, 0.29) is 0 Å². The van der Waals surface area contributed by atoms with E-state index in [0.717, 1.165) is 50.6 Å². The van der Waals surface area contributed by atoms with Gasteiger partial charge < -0.3 is 9.04 Å². The lowest BCUT2D eigenvalue weighted by Gasteiger charge is -2.39. The smallest absolute Gasteiger partial charge is 0.217 e. The Balaban J connectivity index is 0.000000459. The fourth-order valence-electron chi connectivity index (χ4n) is 1.95. The number of rotatable bonds is 5. The Morgan fingerprint density at radius 1 is 1.26 bits per heavy atom. The van der Waals surface area contributed by atoms with Crippen LogP contribution in [0.2, 0.25) is 0 Å². The molecule has 1 aliphatic heterocycles. The van der Waals surface area contributed by atoms with Crippen molar-refractivity contribution in [2.24, 2.45) is 0 Å². The molecule has 0 atom stereocenters. The number of Topliss-reactive ketones (excluding diaryl/α,β-unsaturated/α-hetero) is 1. The van der Waals surface area contributed by atoms with Gasteiger partial charge in [0, 0.05) is 0 Å². The largest absolute Gasteiger partial charge is 0.726 e. The number of hydrogen-bond donors (Lipinski definition) is 0. The van der Waals surface area contributed by atoms with Crippen molar-refractivity contribution in [3.05, 3.63) is 25.3 Å². The number of nitrogens with zero attached hydrogens (tertiary/aromatic N) is 1. The van der Waals surface area contributed by atoms with E-state index in [1.54, 1.807) is 0 Å². The quantitative estimate of drug-likeness (QED) is 0.321. The third-order valence-corrected chi connectivity index (χ3v) is 3.38. The van der Waals surface area contributed by atoms with Gasteiger partial charge in [-0.2, -0.15) is 0 Å². The summed E-state index contributed by atoms with van der Waals surface area (Å²) < 4.78 is 32.0. The molecule has 1 aliphatic rings. The van der Waals surface area contributed by atoms with Gasteiger partial charge in [-0.25, -0.2) is 8.42 Å². The van der Waals surface area contributed by atoms with Crippen molar-refractivity contribution in [2.75, 3.05) is 33.3 Å². The molecular weight excluding hydrogens is 270 g/mol. The zero-order chi connectivity index (χ0) is 14.9. The molecule has 1 heterocycles. The Hall–Kier alpha value is -1.02. The van der Waals surface area contributed by atoms with Crippen molar-refractivity contribution in [3.63, 3.8) is 0 Å². The van der Waals surface area contributed by atoms with Crippen LogP contribution < -0.4 is 0 Å². The molecule has 0 aromatic carbocycles. The molecule has 0 bridgehead atoms. The monoisotopic (exact) mass is 291 g/mol. The number of quaternary nitrogens is 1. The van der Waals surface area contributed by atoms with E-state index in [2.05, 4.69) is 17.3 Å². The summed E-state index contributed by atoms with van der Waals surface area (Å²) in [6.07, 6.45) is 5.34. The summed E-state index contributed by atoms with van der Waals surface area (Å²) >= 11 is 0. The Morgan fingerprint density at radius 3 is 1.89 bits per heavy atom. The first-order valence-corrected chi connectivity index (χ1v) is 7.22. The van der Waals surface area contributed by atoms with Gasteiger partial charge in [-0.15, -0.1) is 0 Å². The molecule has 0 amide bonds. The first-order chi connectivity index (χ1) is 8.78. The van der Waals surface area contributed by atoms with E-state index in [1.807, 2.05) is 12.2 Å². The minimum atomic E-state index is -4.41. The molecule has 0 saturated carbocycles. The number of carbonyl (C=O) groups excluding carboxylic acids is 1. The summed E-state index contributed by atoms with van der Waals surface area (Å²) in [6, 6.07) is 0. The fourth-order valence-corrected chi connectivity index (χ4v) is 1.95. The van der Waals surface area contributed by atoms with Gasteiger partial charge in [-0.1, -0.05) is 13.2 Å². The predicted octanol–water partition coefficient (Wildman–Crippen LogP) is 0.631. The molecular formula is C12H21NO5S. The van der Waals surface area contributed by atoms with E-state index in [1.165, 1.54) is 0 Å². The second kappa shape index (κ2) is 8.21. The van der Waals surface area contributed by atoms with Gasteiger partial charge in [0.2, 0.25) is 10.4 Å². The highest BCUT2D eigenvalue weighted by molar-refractivity contribution is 7.80. The van der Waals surface area contributed by atoms with Crippen LogP contribution in [0.15, 0.2) is 25.3 Å². The van der Waals surface area contributed by atoms with E-state index in [0.29, 0.717) is 5.78 Å². The molecule has 0 radical (unpaired) electrons. The molecule has 110 valence electrons. The van der Waals surface area contributed by atoms with Crippen LogP contribution in [0.25, 0.3) is 0 Å². The van der Waals surface area contributed by atoms with Crippen LogP contribution in [0, 0.1) is 0 Å². The Kier molecular flexibility index (Phi) is 7.77. The highest BCUT2D eigenvalue weighted by Gasteiger charge is 2.30. The Labute approximate surface area is 114 Å². The van der Waals surface area contributed by atoms with Gasteiger partial charge in [-0.05, 0) is 12.2 Å². The van der Waals surface area contributed by atoms with Crippen LogP contribution in [-0.4, -0.2) is 56.5 Å². The third-order valence-electron chi connectivity index (χ3n) is 2.97. The lowest BCUT2D eigenvalue weighted by Crippen LogP contribution is -2.53. The molecule has 6 nitrogen and oxygen atoms in total. The Morgan fingerprint density at radius 2 is 1.63 bits per heavy atom. The molecule has 0 aliphatic carbocycles. The van der Waals surface area contributed by atoms with Crippen LogP contribution in [0.5, 0.6) is 0 Å². The molecule has 0 aromatic rings. The molecule has 7 heteroatoms. The number of ketones is 1. The van der Waals surface area contributed by atoms with Gasteiger partial charge in [0.25, 0.3) is 0 Å². The van der Waals surface area contributed by atoms with E-state index in [4.69, 9.17) is 0 Å². The molecule has 1 rings (SSSR count). The summed E-state index contributed by atoms with van der Waals surface area (Å²) in [4.78, 5) is 11.1. The maximum absolute atomic E-state index is 11.1. The molecule has 1 fully saturated rings. The summed E-state index contributed by atoms with van der Waals surface area (Å²) in [5, 5.41) is 0. The fraction of sp³-hybridized carbons (Fsp3) is 0.583. The van der Waals surface area contributed by atoms with Gasteiger partial charge >= 0.3 is 0 Å². The first-order valence-electron chi connectivity index (χ1n) is 5.88. The maximum atomic E-state index is 11.1. The van der Waals surface area contributed by atoms with E-state index in [9.17, 15) is 17.8 Å². The van der Waals surface area contributed by atoms with Crippen molar-refractivity contribution in [3.8, 4) is 0 Å². The third kappa shape index (κ3) is 7.89. The highest BCUT2D eigenvalue weighted by atomic mass is 32.3. The molecule has 0 N–H and O–H groups in total. The van der Waals surface area contributed by atoms with Crippen LogP contribution in [-0.2, 0) is 19.4 Å². The maximum Gasteiger partial charge on any atom is 0.217 e. The van der Waals surface area contributed by atoms with Gasteiger partial charge in [0.1, 0.15) is 5.78 Å². The van der Waals surface area contributed by atoms with Crippen molar-refractivity contribution >= 4 is 16.2 Å². The number of likely N-dealkylation sites (tertiary alicyclic amines) is 1. The number of carbonyl (C=O) groups is 1. The zero-order valence-corrected chi connectivity index (χ0v) is 12.0. The van der Waals surface area contributed by atoms with Crippen LogP contribution in [0.3, 0.4) is 0 Å². The topological polar surface area (TPSA) is 83.5 Å². The highest BCUT2D eigenvalue weighted by Crippen LogP contribution is 2.16. The Bertz CT molecular complexity index is 394. The second-order valence-electron chi connectivity index (χ2n) is 4.34. The zero-order valence-electron chi connectivity index (χ0n) is 11.2. The minimum Gasteiger partial charge on any atom is -0.726 e. The standard InChI is InChI=1S/C11H18NO.CH4O4S/c1-3-7-12(8-4-2)9-5-11(13)6-10-12;1-5-6(2,3)4/h3-4H,1-2,5-10H2;1H3,(H,2,3,4)/q+1;/p-1. The van der Waals surface area contributed by atoms with Crippen LogP contribution >= 0.6 is 0 Å². The van der Waals surface area contributed by atoms with Crippen molar-refractivity contribution in [1.82, 2.24) is 0 Å². The summed E-state index contributed by atoms with van der Waals surface area (Å²) in [5.41, 5.74) is 0. The molecule has 0 spiro atoms. The summed E-state index contributed by atoms with van der Waals surface area (Å²) in [5.74, 6) is 0.405. The molecule has 19 heavy (non-hydrogen) atoms. The number of piperidine rings is 1. The lowest BCUT2D eigenvalue weighted by molar-refractivity contribution is -0.918. The predicted molar refractivity (Wildman–Crippen MR) is 71.1 cm³/mol. The summed E-state index contributed by atoms with van der Waals surface area (Å²) in [7, 11) is -3.60. The molecule has 1 saturated heterocycles. The molecule has 0 unspecified atom stereocenters. The van der Waals surface area contributed by atoms with Crippen molar-refractivity contribution < 1.29 is 26.4 Å².